The third-order valence-electron chi connectivity index (χ3n) is 1.95. The van der Waals surface area contributed by atoms with Crippen molar-refractivity contribution in [1.82, 2.24) is 0 Å². The first-order valence-electron chi connectivity index (χ1n) is 4.61. The molecule has 0 aliphatic rings. The van der Waals surface area contributed by atoms with Crippen LogP contribution in [0.1, 0.15) is 25.3 Å². The Morgan fingerprint density at radius 2 is 2.23 bits per heavy atom. The molecule has 0 spiro atoms. The molecule has 1 aromatic rings. The van der Waals surface area contributed by atoms with Crippen LogP contribution in [0.2, 0.25) is 5.02 Å². The summed E-state index contributed by atoms with van der Waals surface area (Å²) in [5, 5.41) is 0.682. The lowest BCUT2D eigenvalue weighted by Crippen LogP contribution is -2.03. The minimum Gasteiger partial charge on any atom is -0.247 e. The van der Waals surface area contributed by atoms with E-state index in [4.69, 9.17) is 11.6 Å². The molecule has 0 saturated heterocycles. The van der Waals surface area contributed by atoms with Crippen molar-refractivity contribution in [2.24, 2.45) is 0 Å². The molecular formula is C11H14ClF. The average Bonchev–Trinajstić information content (AvgIpc) is 2.04. The molecule has 1 aromatic carbocycles. The van der Waals surface area contributed by atoms with Gasteiger partial charge in [0.25, 0.3) is 0 Å². The maximum absolute atomic E-state index is 13.2. The van der Waals surface area contributed by atoms with Crippen LogP contribution in [0, 0.1) is 0 Å². The molecule has 0 bridgehead atoms. The molecule has 0 N–H and O–H groups in total. The summed E-state index contributed by atoms with van der Waals surface area (Å²) in [7, 11) is 0. The van der Waals surface area contributed by atoms with E-state index < -0.39 is 6.17 Å². The molecule has 13 heavy (non-hydrogen) atoms. The zero-order chi connectivity index (χ0) is 9.68. The van der Waals surface area contributed by atoms with Gasteiger partial charge in [0, 0.05) is 11.4 Å². The van der Waals surface area contributed by atoms with E-state index in [0.717, 1.165) is 12.0 Å². The topological polar surface area (TPSA) is 0 Å². The van der Waals surface area contributed by atoms with Crippen molar-refractivity contribution in [3.05, 3.63) is 34.9 Å². The smallest absolute Gasteiger partial charge is 0.104 e. The van der Waals surface area contributed by atoms with E-state index in [2.05, 4.69) is 0 Å². The van der Waals surface area contributed by atoms with E-state index in [9.17, 15) is 4.39 Å². The second-order valence-corrected chi connectivity index (χ2v) is 3.66. The monoisotopic (exact) mass is 200 g/mol. The Bertz CT molecular complexity index is 260. The van der Waals surface area contributed by atoms with Crippen LogP contribution in [0.25, 0.3) is 0 Å². The SMILES string of the molecule is CCCC(F)Cc1cccc(Cl)c1. The van der Waals surface area contributed by atoms with Crippen molar-refractivity contribution in [3.63, 3.8) is 0 Å². The lowest BCUT2D eigenvalue weighted by molar-refractivity contribution is 0.310. The van der Waals surface area contributed by atoms with Crippen molar-refractivity contribution in [1.29, 1.82) is 0 Å². The molecule has 0 aliphatic heterocycles. The Labute approximate surface area is 83.7 Å². The summed E-state index contributed by atoms with van der Waals surface area (Å²) in [6, 6.07) is 7.40. The molecule has 0 nitrogen and oxygen atoms in total. The second kappa shape index (κ2) is 5.23. The molecular weight excluding hydrogens is 187 g/mol. The summed E-state index contributed by atoms with van der Waals surface area (Å²) in [5.41, 5.74) is 0.980. The lowest BCUT2D eigenvalue weighted by atomic mass is 10.1. The van der Waals surface area contributed by atoms with E-state index in [0.29, 0.717) is 17.9 Å². The molecule has 0 aliphatic carbocycles. The first-order valence-corrected chi connectivity index (χ1v) is 4.98. The largest absolute Gasteiger partial charge is 0.247 e. The highest BCUT2D eigenvalue weighted by molar-refractivity contribution is 6.30. The maximum atomic E-state index is 13.2. The van der Waals surface area contributed by atoms with Gasteiger partial charge in [0.05, 0.1) is 0 Å². The van der Waals surface area contributed by atoms with Gasteiger partial charge in [-0.1, -0.05) is 37.1 Å². The van der Waals surface area contributed by atoms with Crippen LogP contribution in [-0.2, 0) is 6.42 Å². The van der Waals surface area contributed by atoms with Gasteiger partial charge >= 0.3 is 0 Å². The van der Waals surface area contributed by atoms with Crippen molar-refractivity contribution in [2.45, 2.75) is 32.4 Å². The fourth-order valence-electron chi connectivity index (χ4n) is 1.33. The van der Waals surface area contributed by atoms with Crippen LogP contribution in [0.15, 0.2) is 24.3 Å². The summed E-state index contributed by atoms with van der Waals surface area (Å²) in [6.45, 7) is 1.99. The molecule has 1 unspecified atom stereocenters. The number of rotatable bonds is 4. The Hall–Kier alpha value is -0.560. The summed E-state index contributed by atoms with van der Waals surface area (Å²) in [5.74, 6) is 0. The quantitative estimate of drug-likeness (QED) is 0.689. The van der Waals surface area contributed by atoms with Gasteiger partial charge in [-0.25, -0.2) is 4.39 Å². The van der Waals surface area contributed by atoms with Gasteiger partial charge in [0.15, 0.2) is 0 Å². The highest BCUT2D eigenvalue weighted by Gasteiger charge is 2.06. The van der Waals surface area contributed by atoms with E-state index in [1.807, 2.05) is 25.1 Å². The van der Waals surface area contributed by atoms with Crippen molar-refractivity contribution >= 4 is 11.6 Å². The van der Waals surface area contributed by atoms with Crippen LogP contribution < -0.4 is 0 Å². The zero-order valence-electron chi connectivity index (χ0n) is 7.76. The second-order valence-electron chi connectivity index (χ2n) is 3.22. The first-order chi connectivity index (χ1) is 6.22. The minimum absolute atomic E-state index is 0.481. The summed E-state index contributed by atoms with van der Waals surface area (Å²) < 4.78 is 13.2. The van der Waals surface area contributed by atoms with Gasteiger partial charge in [-0.2, -0.15) is 0 Å². The fraction of sp³-hybridized carbons (Fsp3) is 0.455. The minimum atomic E-state index is -0.733. The predicted molar refractivity (Wildman–Crippen MR) is 55.0 cm³/mol. The van der Waals surface area contributed by atoms with E-state index in [1.165, 1.54) is 0 Å². The molecule has 0 heterocycles. The van der Waals surface area contributed by atoms with Gasteiger partial charge in [-0.15, -0.1) is 0 Å². The molecule has 0 fully saturated rings. The number of benzene rings is 1. The van der Waals surface area contributed by atoms with E-state index >= 15 is 0 Å². The number of hydrogen-bond donors (Lipinski definition) is 0. The standard InChI is InChI=1S/C11H14ClF/c1-2-4-11(13)8-9-5-3-6-10(12)7-9/h3,5-7,11H,2,4,8H2,1H3. The summed E-state index contributed by atoms with van der Waals surface area (Å²) >= 11 is 5.78. The van der Waals surface area contributed by atoms with Crippen LogP contribution in [-0.4, -0.2) is 6.17 Å². The molecule has 2 heteroatoms. The predicted octanol–water partition coefficient (Wildman–Crippen LogP) is 4.02. The molecule has 0 saturated carbocycles. The van der Waals surface area contributed by atoms with E-state index in [-0.39, 0.29) is 0 Å². The van der Waals surface area contributed by atoms with Gasteiger partial charge < -0.3 is 0 Å². The molecule has 1 rings (SSSR count). The summed E-state index contributed by atoms with van der Waals surface area (Å²) in [6.07, 6.45) is 1.27. The van der Waals surface area contributed by atoms with Crippen LogP contribution in [0.3, 0.4) is 0 Å². The maximum Gasteiger partial charge on any atom is 0.104 e. The first kappa shape index (κ1) is 10.5. The molecule has 0 amide bonds. The molecule has 0 radical (unpaired) electrons. The van der Waals surface area contributed by atoms with Gasteiger partial charge in [0.1, 0.15) is 6.17 Å². The molecule has 0 aromatic heterocycles. The third kappa shape index (κ3) is 3.77. The Kier molecular flexibility index (Phi) is 4.23. The van der Waals surface area contributed by atoms with Gasteiger partial charge in [0.2, 0.25) is 0 Å². The normalized spacial score (nSPS) is 12.8. The van der Waals surface area contributed by atoms with Crippen molar-refractivity contribution in [3.8, 4) is 0 Å². The van der Waals surface area contributed by atoms with Gasteiger partial charge in [-0.05, 0) is 24.1 Å². The lowest BCUT2D eigenvalue weighted by Gasteiger charge is -2.06. The Morgan fingerprint density at radius 1 is 1.46 bits per heavy atom. The fourth-order valence-corrected chi connectivity index (χ4v) is 1.55. The summed E-state index contributed by atoms with van der Waals surface area (Å²) in [4.78, 5) is 0. The van der Waals surface area contributed by atoms with Gasteiger partial charge in [-0.3, -0.25) is 0 Å². The number of alkyl halides is 1. The third-order valence-corrected chi connectivity index (χ3v) is 2.18. The Balaban J connectivity index is 2.53. The Morgan fingerprint density at radius 3 is 2.85 bits per heavy atom. The molecule has 1 atom stereocenters. The zero-order valence-corrected chi connectivity index (χ0v) is 8.52. The van der Waals surface area contributed by atoms with Crippen molar-refractivity contribution < 1.29 is 4.39 Å². The molecule has 72 valence electrons. The number of halogens is 2. The highest BCUT2D eigenvalue weighted by atomic mass is 35.5. The van der Waals surface area contributed by atoms with Crippen LogP contribution in [0.5, 0.6) is 0 Å². The van der Waals surface area contributed by atoms with Crippen LogP contribution in [0.4, 0.5) is 4.39 Å². The van der Waals surface area contributed by atoms with Crippen molar-refractivity contribution in [2.75, 3.05) is 0 Å². The van der Waals surface area contributed by atoms with Crippen LogP contribution >= 0.6 is 11.6 Å². The highest BCUT2D eigenvalue weighted by Crippen LogP contribution is 2.15. The van der Waals surface area contributed by atoms with E-state index in [1.54, 1.807) is 6.07 Å². The average molecular weight is 201 g/mol. The number of hydrogen-bond acceptors (Lipinski definition) is 0.